The molecule has 0 aliphatic heterocycles. The van der Waals surface area contributed by atoms with Crippen LogP contribution in [-0.2, 0) is 25.6 Å². The molecule has 0 saturated heterocycles. The lowest BCUT2D eigenvalue weighted by Gasteiger charge is -2.13. The molecule has 0 aromatic heterocycles. The van der Waals surface area contributed by atoms with Crippen LogP contribution in [0.4, 0.5) is 13.2 Å². The zero-order chi connectivity index (χ0) is 17.9. The first-order valence-corrected chi connectivity index (χ1v) is 8.35. The van der Waals surface area contributed by atoms with E-state index in [1.807, 2.05) is 24.3 Å². The van der Waals surface area contributed by atoms with Crippen molar-refractivity contribution in [2.45, 2.75) is 32.0 Å². The van der Waals surface area contributed by atoms with Crippen LogP contribution in [0.25, 0.3) is 10.8 Å². The smallest absolute Gasteiger partial charge is 0.326 e. The highest BCUT2D eigenvalue weighted by atomic mass is 19.4. The van der Waals surface area contributed by atoms with Crippen molar-refractivity contribution in [2.24, 2.45) is 5.73 Å². The van der Waals surface area contributed by atoms with Crippen molar-refractivity contribution in [1.82, 2.24) is 0 Å². The molecule has 0 fully saturated rings. The number of halogens is 3. The van der Waals surface area contributed by atoms with Crippen LogP contribution in [0.1, 0.15) is 28.7 Å². The van der Waals surface area contributed by atoms with Crippen molar-refractivity contribution in [2.75, 3.05) is 0 Å². The van der Waals surface area contributed by atoms with Gasteiger partial charge in [-0.1, -0.05) is 54.6 Å². The minimum absolute atomic E-state index is 0.356. The zero-order valence-corrected chi connectivity index (χ0v) is 13.8. The molecule has 0 atom stereocenters. The van der Waals surface area contributed by atoms with Gasteiger partial charge in [0.15, 0.2) is 0 Å². The zero-order valence-electron chi connectivity index (χ0n) is 13.8. The Bertz CT molecular complexity index is 868. The van der Waals surface area contributed by atoms with Crippen molar-refractivity contribution in [3.63, 3.8) is 0 Å². The summed E-state index contributed by atoms with van der Waals surface area (Å²) in [4.78, 5) is 0. The number of fused-ring (bicyclic) bond motifs is 1. The van der Waals surface area contributed by atoms with Gasteiger partial charge >= 0.3 is 6.18 Å². The van der Waals surface area contributed by atoms with Gasteiger partial charge in [0.25, 0.3) is 0 Å². The number of nitrogens with two attached hydrogens (primary N) is 1. The monoisotopic (exact) mass is 343 g/mol. The van der Waals surface area contributed by atoms with E-state index in [-0.39, 0.29) is 0 Å². The van der Waals surface area contributed by atoms with Crippen LogP contribution >= 0.6 is 0 Å². The molecule has 0 bridgehead atoms. The maximum atomic E-state index is 13.1. The third-order valence-corrected chi connectivity index (χ3v) is 4.46. The lowest BCUT2D eigenvalue weighted by molar-refractivity contribution is -0.138. The lowest BCUT2D eigenvalue weighted by Crippen LogP contribution is -2.09. The molecule has 0 amide bonds. The van der Waals surface area contributed by atoms with Crippen molar-refractivity contribution >= 4 is 10.8 Å². The highest BCUT2D eigenvalue weighted by molar-refractivity contribution is 5.86. The van der Waals surface area contributed by atoms with Gasteiger partial charge < -0.3 is 5.73 Å². The third-order valence-electron chi connectivity index (χ3n) is 4.46. The summed E-state index contributed by atoms with van der Waals surface area (Å²) in [6.45, 7) is 0.450. The van der Waals surface area contributed by atoms with E-state index in [1.54, 1.807) is 12.1 Å². The molecule has 3 aromatic carbocycles. The summed E-state index contributed by atoms with van der Waals surface area (Å²) < 4.78 is 39.2. The second-order valence-electron chi connectivity index (χ2n) is 6.19. The van der Waals surface area contributed by atoms with E-state index in [9.17, 15) is 13.2 Å². The van der Waals surface area contributed by atoms with Gasteiger partial charge in [0.2, 0.25) is 0 Å². The lowest BCUT2D eigenvalue weighted by atomic mass is 9.96. The SMILES string of the molecule is NCc1cc(CCCc2ccccc2C(F)(F)F)cc2ccccc12. The van der Waals surface area contributed by atoms with Crippen molar-refractivity contribution < 1.29 is 13.2 Å². The molecular formula is C21H20F3N. The second-order valence-corrected chi connectivity index (χ2v) is 6.19. The third kappa shape index (κ3) is 4.02. The summed E-state index contributed by atoms with van der Waals surface area (Å²) in [5.74, 6) is 0. The minimum atomic E-state index is -4.30. The molecule has 0 aliphatic rings. The summed E-state index contributed by atoms with van der Waals surface area (Å²) in [5.41, 5.74) is 7.86. The number of benzene rings is 3. The van der Waals surface area contributed by atoms with Crippen LogP contribution in [0.2, 0.25) is 0 Å². The molecule has 2 N–H and O–H groups in total. The summed E-state index contributed by atoms with van der Waals surface area (Å²) >= 11 is 0. The van der Waals surface area contributed by atoms with Gasteiger partial charge in [-0.15, -0.1) is 0 Å². The molecule has 0 unspecified atom stereocenters. The van der Waals surface area contributed by atoms with Crippen LogP contribution in [0.3, 0.4) is 0 Å². The van der Waals surface area contributed by atoms with Crippen LogP contribution in [0.5, 0.6) is 0 Å². The Labute approximate surface area is 145 Å². The number of aryl methyl sites for hydroxylation is 2. The maximum Gasteiger partial charge on any atom is 0.416 e. The fourth-order valence-corrected chi connectivity index (χ4v) is 3.27. The van der Waals surface area contributed by atoms with E-state index in [1.165, 1.54) is 6.07 Å². The number of rotatable bonds is 5. The molecular weight excluding hydrogens is 323 g/mol. The Morgan fingerprint density at radius 3 is 2.28 bits per heavy atom. The topological polar surface area (TPSA) is 26.0 Å². The summed E-state index contributed by atoms with van der Waals surface area (Å²) in [6, 6.07) is 18.0. The standard InChI is InChI=1S/C21H20F3N/c22-21(23,24)20-11-4-2-7-16(20)9-5-6-15-12-17-8-1-3-10-19(17)18(13-15)14-25/h1-4,7-8,10-13H,5-6,9,14,25H2. The predicted molar refractivity (Wildman–Crippen MR) is 95.3 cm³/mol. The van der Waals surface area contributed by atoms with Gasteiger partial charge in [-0.2, -0.15) is 13.2 Å². The minimum Gasteiger partial charge on any atom is -0.326 e. The van der Waals surface area contributed by atoms with Gasteiger partial charge in [0.1, 0.15) is 0 Å². The highest BCUT2D eigenvalue weighted by Crippen LogP contribution is 2.32. The van der Waals surface area contributed by atoms with Gasteiger partial charge in [-0.25, -0.2) is 0 Å². The van der Waals surface area contributed by atoms with Gasteiger partial charge in [-0.05, 0) is 52.8 Å². The Morgan fingerprint density at radius 1 is 0.800 bits per heavy atom. The molecule has 3 rings (SSSR count). The van der Waals surface area contributed by atoms with Crippen molar-refractivity contribution in [1.29, 1.82) is 0 Å². The normalized spacial score (nSPS) is 11.8. The molecule has 0 heterocycles. The van der Waals surface area contributed by atoms with Gasteiger partial charge in [-0.3, -0.25) is 0 Å². The van der Waals surface area contributed by atoms with Gasteiger partial charge in [0, 0.05) is 6.54 Å². The first-order chi connectivity index (χ1) is 12.0. The Balaban J connectivity index is 1.76. The Hall–Kier alpha value is -2.33. The molecule has 4 heteroatoms. The highest BCUT2D eigenvalue weighted by Gasteiger charge is 2.32. The Morgan fingerprint density at radius 2 is 1.52 bits per heavy atom. The first kappa shape index (κ1) is 17.5. The van der Waals surface area contributed by atoms with Crippen molar-refractivity contribution in [3.05, 3.63) is 82.9 Å². The predicted octanol–water partition coefficient (Wildman–Crippen LogP) is 5.49. The van der Waals surface area contributed by atoms with E-state index in [0.717, 1.165) is 34.4 Å². The van der Waals surface area contributed by atoms with E-state index in [0.29, 0.717) is 24.9 Å². The summed E-state index contributed by atoms with van der Waals surface area (Å²) in [6.07, 6.45) is -2.51. The van der Waals surface area contributed by atoms with Gasteiger partial charge in [0.05, 0.1) is 5.56 Å². The van der Waals surface area contributed by atoms with Crippen LogP contribution in [0, 0.1) is 0 Å². The summed E-state index contributed by atoms with van der Waals surface area (Å²) in [7, 11) is 0. The quantitative estimate of drug-likeness (QED) is 0.651. The van der Waals surface area contributed by atoms with Crippen molar-refractivity contribution in [3.8, 4) is 0 Å². The molecule has 1 nitrogen and oxygen atoms in total. The molecule has 0 spiro atoms. The largest absolute Gasteiger partial charge is 0.416 e. The van der Waals surface area contributed by atoms with E-state index < -0.39 is 11.7 Å². The average Bonchev–Trinajstić information content (AvgIpc) is 2.60. The molecule has 0 aliphatic carbocycles. The molecule has 0 radical (unpaired) electrons. The molecule has 0 saturated carbocycles. The summed E-state index contributed by atoms with van der Waals surface area (Å²) in [5, 5.41) is 2.26. The second kappa shape index (κ2) is 7.28. The number of alkyl halides is 3. The van der Waals surface area contributed by atoms with E-state index in [2.05, 4.69) is 12.1 Å². The molecule has 130 valence electrons. The fraction of sp³-hybridized carbons (Fsp3) is 0.238. The maximum absolute atomic E-state index is 13.1. The fourth-order valence-electron chi connectivity index (χ4n) is 3.27. The molecule has 3 aromatic rings. The van der Waals surface area contributed by atoms with E-state index in [4.69, 9.17) is 5.73 Å². The van der Waals surface area contributed by atoms with Crippen LogP contribution < -0.4 is 5.73 Å². The van der Waals surface area contributed by atoms with Crippen LogP contribution in [-0.4, -0.2) is 0 Å². The average molecular weight is 343 g/mol. The molecule has 25 heavy (non-hydrogen) atoms. The van der Waals surface area contributed by atoms with Crippen LogP contribution in [0.15, 0.2) is 60.7 Å². The first-order valence-electron chi connectivity index (χ1n) is 8.35. The Kier molecular flexibility index (Phi) is 5.09. The number of hydrogen-bond donors (Lipinski definition) is 1. The van der Waals surface area contributed by atoms with E-state index >= 15 is 0 Å². The number of hydrogen-bond acceptors (Lipinski definition) is 1.